The number of hydrogen-bond acceptors (Lipinski definition) is 4. The van der Waals surface area contributed by atoms with E-state index in [9.17, 15) is 9.59 Å². The van der Waals surface area contributed by atoms with Gasteiger partial charge in [-0.15, -0.1) is 0 Å². The molecule has 0 saturated carbocycles. The SMILES string of the molecule is Cc1cccc(OCC(=O)NNC(=O)C2CCCO2)c1. The molecular formula is C14H18N2O4. The normalized spacial score (nSPS) is 17.6. The smallest absolute Gasteiger partial charge is 0.276 e. The van der Waals surface area contributed by atoms with Crippen LogP contribution in [0.5, 0.6) is 5.75 Å². The predicted molar refractivity (Wildman–Crippen MR) is 71.9 cm³/mol. The summed E-state index contributed by atoms with van der Waals surface area (Å²) in [5.41, 5.74) is 5.68. The maximum Gasteiger partial charge on any atom is 0.276 e. The van der Waals surface area contributed by atoms with Gasteiger partial charge in [0.2, 0.25) is 0 Å². The third-order valence-corrected chi connectivity index (χ3v) is 2.91. The number of hydrazine groups is 1. The van der Waals surface area contributed by atoms with Gasteiger partial charge in [0.05, 0.1) is 0 Å². The van der Waals surface area contributed by atoms with Gasteiger partial charge in [0, 0.05) is 6.61 Å². The van der Waals surface area contributed by atoms with Crippen LogP contribution in [-0.4, -0.2) is 31.1 Å². The Hall–Kier alpha value is -2.08. The van der Waals surface area contributed by atoms with E-state index in [4.69, 9.17) is 9.47 Å². The highest BCUT2D eigenvalue weighted by atomic mass is 16.5. The van der Waals surface area contributed by atoms with Crippen LogP contribution in [0.3, 0.4) is 0 Å². The first-order chi connectivity index (χ1) is 9.65. The summed E-state index contributed by atoms with van der Waals surface area (Å²) in [5, 5.41) is 0. The first-order valence-electron chi connectivity index (χ1n) is 6.55. The molecule has 1 aliphatic rings. The van der Waals surface area contributed by atoms with Gasteiger partial charge in [-0.2, -0.15) is 0 Å². The summed E-state index contributed by atoms with van der Waals surface area (Å²) >= 11 is 0. The van der Waals surface area contributed by atoms with Crippen molar-refractivity contribution in [2.24, 2.45) is 0 Å². The van der Waals surface area contributed by atoms with Crippen molar-refractivity contribution in [2.45, 2.75) is 25.9 Å². The van der Waals surface area contributed by atoms with Crippen LogP contribution in [0.1, 0.15) is 18.4 Å². The Morgan fingerprint density at radius 3 is 2.95 bits per heavy atom. The first kappa shape index (κ1) is 14.3. The van der Waals surface area contributed by atoms with Crippen molar-refractivity contribution < 1.29 is 19.1 Å². The van der Waals surface area contributed by atoms with E-state index in [1.807, 2.05) is 25.1 Å². The van der Waals surface area contributed by atoms with E-state index in [0.717, 1.165) is 12.0 Å². The summed E-state index contributed by atoms with van der Waals surface area (Å²) in [6, 6.07) is 7.39. The molecule has 0 aliphatic carbocycles. The van der Waals surface area contributed by atoms with E-state index in [0.29, 0.717) is 18.8 Å². The molecule has 0 bridgehead atoms. The van der Waals surface area contributed by atoms with Crippen LogP contribution in [0.2, 0.25) is 0 Å². The molecule has 1 aliphatic heterocycles. The Labute approximate surface area is 117 Å². The van der Waals surface area contributed by atoms with Crippen LogP contribution >= 0.6 is 0 Å². The van der Waals surface area contributed by atoms with Crippen LogP contribution in [-0.2, 0) is 14.3 Å². The molecule has 1 heterocycles. The molecule has 1 aromatic carbocycles. The molecule has 0 aromatic heterocycles. The van der Waals surface area contributed by atoms with Gasteiger partial charge in [-0.1, -0.05) is 12.1 Å². The van der Waals surface area contributed by atoms with Crippen molar-refractivity contribution in [1.29, 1.82) is 0 Å². The summed E-state index contributed by atoms with van der Waals surface area (Å²) in [6.07, 6.45) is 1.08. The molecule has 6 heteroatoms. The number of rotatable bonds is 4. The van der Waals surface area contributed by atoms with Crippen molar-refractivity contribution in [1.82, 2.24) is 10.9 Å². The zero-order chi connectivity index (χ0) is 14.4. The molecule has 1 atom stereocenters. The van der Waals surface area contributed by atoms with Gasteiger partial charge >= 0.3 is 0 Å². The lowest BCUT2D eigenvalue weighted by atomic mass is 10.2. The molecule has 1 fully saturated rings. The largest absolute Gasteiger partial charge is 0.484 e. The Bertz CT molecular complexity index is 484. The molecule has 0 radical (unpaired) electrons. The Morgan fingerprint density at radius 2 is 2.25 bits per heavy atom. The molecule has 0 spiro atoms. The average molecular weight is 278 g/mol. The maximum atomic E-state index is 11.6. The number of aryl methyl sites for hydroxylation is 1. The molecule has 1 unspecified atom stereocenters. The minimum atomic E-state index is -0.465. The van der Waals surface area contributed by atoms with E-state index >= 15 is 0 Å². The first-order valence-corrected chi connectivity index (χ1v) is 6.55. The lowest BCUT2D eigenvalue weighted by molar-refractivity contribution is -0.135. The van der Waals surface area contributed by atoms with Gasteiger partial charge in [0.25, 0.3) is 11.8 Å². The fraction of sp³-hybridized carbons (Fsp3) is 0.429. The second-order valence-corrected chi connectivity index (χ2v) is 4.64. The third kappa shape index (κ3) is 4.24. The van der Waals surface area contributed by atoms with E-state index in [1.54, 1.807) is 6.07 Å². The highest BCUT2D eigenvalue weighted by Crippen LogP contribution is 2.12. The summed E-state index contributed by atoms with van der Waals surface area (Å²) in [5.74, 6) is -0.130. The predicted octanol–water partition coefficient (Wildman–Crippen LogP) is 0.700. The zero-order valence-corrected chi connectivity index (χ0v) is 11.3. The second kappa shape index (κ2) is 6.91. The summed E-state index contributed by atoms with van der Waals surface area (Å²) < 4.78 is 10.5. The number of benzene rings is 1. The van der Waals surface area contributed by atoms with Crippen LogP contribution in [0, 0.1) is 6.92 Å². The van der Waals surface area contributed by atoms with E-state index in [2.05, 4.69) is 10.9 Å². The zero-order valence-electron chi connectivity index (χ0n) is 11.3. The van der Waals surface area contributed by atoms with E-state index < -0.39 is 12.0 Å². The minimum absolute atomic E-state index is 0.157. The average Bonchev–Trinajstić information content (AvgIpc) is 2.97. The third-order valence-electron chi connectivity index (χ3n) is 2.91. The molecule has 2 N–H and O–H groups in total. The molecule has 2 rings (SSSR count). The number of nitrogens with one attached hydrogen (secondary N) is 2. The maximum absolute atomic E-state index is 11.6. The van der Waals surface area contributed by atoms with Crippen LogP contribution in [0.4, 0.5) is 0 Å². The van der Waals surface area contributed by atoms with Crippen molar-refractivity contribution >= 4 is 11.8 Å². The molecule has 20 heavy (non-hydrogen) atoms. The quantitative estimate of drug-likeness (QED) is 0.795. The Kier molecular flexibility index (Phi) is 4.95. The number of ether oxygens (including phenoxy) is 2. The van der Waals surface area contributed by atoms with Crippen LogP contribution in [0.25, 0.3) is 0 Å². The molecule has 108 valence electrons. The standard InChI is InChI=1S/C14H18N2O4/c1-10-4-2-5-11(8-10)20-9-13(17)15-16-14(18)12-6-3-7-19-12/h2,4-5,8,12H,3,6-7,9H2,1H3,(H,15,17)(H,16,18). The van der Waals surface area contributed by atoms with Crippen molar-refractivity contribution in [2.75, 3.05) is 13.2 Å². The molecule has 2 amide bonds. The summed E-state index contributed by atoms with van der Waals surface area (Å²) in [7, 11) is 0. The lowest BCUT2D eigenvalue weighted by Gasteiger charge is -2.12. The summed E-state index contributed by atoms with van der Waals surface area (Å²) in [4.78, 5) is 23.1. The Morgan fingerprint density at radius 1 is 1.40 bits per heavy atom. The van der Waals surface area contributed by atoms with Gasteiger partial charge in [0.1, 0.15) is 11.9 Å². The molecular weight excluding hydrogens is 260 g/mol. The molecule has 6 nitrogen and oxygen atoms in total. The lowest BCUT2D eigenvalue weighted by Crippen LogP contribution is -2.47. The van der Waals surface area contributed by atoms with Gasteiger partial charge < -0.3 is 9.47 Å². The van der Waals surface area contributed by atoms with Gasteiger partial charge in [-0.3, -0.25) is 20.4 Å². The number of amides is 2. The van der Waals surface area contributed by atoms with Gasteiger partial charge in [-0.25, -0.2) is 0 Å². The van der Waals surface area contributed by atoms with Gasteiger partial charge in [-0.05, 0) is 37.5 Å². The monoisotopic (exact) mass is 278 g/mol. The summed E-state index contributed by atoms with van der Waals surface area (Å²) in [6.45, 7) is 2.37. The highest BCUT2D eigenvalue weighted by Gasteiger charge is 2.23. The minimum Gasteiger partial charge on any atom is -0.484 e. The van der Waals surface area contributed by atoms with Crippen molar-refractivity contribution in [3.8, 4) is 5.75 Å². The Balaban J connectivity index is 1.69. The topological polar surface area (TPSA) is 76.7 Å². The second-order valence-electron chi connectivity index (χ2n) is 4.64. The van der Waals surface area contributed by atoms with Crippen molar-refractivity contribution in [3.63, 3.8) is 0 Å². The number of carbonyl (C=O) groups is 2. The van der Waals surface area contributed by atoms with E-state index in [1.165, 1.54) is 0 Å². The molecule has 1 saturated heterocycles. The number of hydrogen-bond donors (Lipinski definition) is 2. The van der Waals surface area contributed by atoms with Gasteiger partial charge in [0.15, 0.2) is 6.61 Å². The number of carbonyl (C=O) groups excluding carboxylic acids is 2. The van der Waals surface area contributed by atoms with Crippen molar-refractivity contribution in [3.05, 3.63) is 29.8 Å². The fourth-order valence-electron chi connectivity index (χ4n) is 1.89. The van der Waals surface area contributed by atoms with Crippen LogP contribution < -0.4 is 15.6 Å². The highest BCUT2D eigenvalue weighted by molar-refractivity contribution is 5.85. The van der Waals surface area contributed by atoms with E-state index in [-0.39, 0.29) is 12.5 Å². The fourth-order valence-corrected chi connectivity index (χ4v) is 1.89. The van der Waals surface area contributed by atoms with Crippen LogP contribution in [0.15, 0.2) is 24.3 Å². The molecule has 1 aromatic rings.